The maximum absolute atomic E-state index is 12.6. The zero-order valence-electron chi connectivity index (χ0n) is 28.6. The van der Waals surface area contributed by atoms with Gasteiger partial charge in [-0.05, 0) is 12.1 Å². The third kappa shape index (κ3) is 10.1. The van der Waals surface area contributed by atoms with Crippen LogP contribution in [0.5, 0.6) is 0 Å². The molecule has 0 radical (unpaired) electrons. The van der Waals surface area contributed by atoms with Crippen LogP contribution in [0.15, 0.2) is 65.6 Å². The van der Waals surface area contributed by atoms with Crippen LogP contribution in [0, 0.1) is 0 Å². The van der Waals surface area contributed by atoms with Gasteiger partial charge < -0.3 is 47.4 Å². The number of thioether (sulfide) groups is 1. The van der Waals surface area contributed by atoms with Crippen LogP contribution in [0.3, 0.4) is 0 Å². The lowest BCUT2D eigenvalue weighted by molar-refractivity contribution is -0.330. The normalized spacial score (nSPS) is 31.4. The Morgan fingerprint density at radius 1 is 0.569 bits per heavy atom. The maximum atomic E-state index is 12.6. The second-order valence-corrected chi connectivity index (χ2v) is 13.1. The zero-order chi connectivity index (χ0) is 36.7. The number of benzene rings is 2. The molecular weight excluding hydrogens is 692 g/mol. The first-order valence-electron chi connectivity index (χ1n) is 16.2. The van der Waals surface area contributed by atoms with Gasteiger partial charge in [0.05, 0.1) is 0 Å². The van der Waals surface area contributed by atoms with E-state index in [0.717, 1.165) is 4.90 Å². The summed E-state index contributed by atoms with van der Waals surface area (Å²) >= 11 is 1.19. The molecule has 0 spiro atoms. The van der Waals surface area contributed by atoms with Crippen molar-refractivity contribution in [1.29, 1.82) is 0 Å². The van der Waals surface area contributed by atoms with E-state index in [4.69, 9.17) is 47.4 Å². The fraction of sp³-hybridized carbons (Fsp3) is 0.514. The zero-order valence-corrected chi connectivity index (χ0v) is 29.4. The molecule has 0 aromatic heterocycles. The molecule has 2 aromatic carbocycles. The predicted octanol–water partition coefficient (Wildman–Crippen LogP) is 3.02. The van der Waals surface area contributed by atoms with Gasteiger partial charge in [0, 0.05) is 45.1 Å². The standard InChI is InChI=1S/C35H40O15S/c1-18(36)41-16-25-27-29(50-33(48-27)23-12-8-6-9-13-23)31(44-21(4)39)34(46-25)49-28-26(17-42-19(2)37)47-35(51-24-14-10-7-11-15-24)32(45-22(5)40)30(28)43-20(3)38/h6-15,25-35H,16-17H2,1-5H3/t25-,26-,27+,28-,29+,30+,31-,32-,33?,34+,35+/m1/s1. The SMILES string of the molecule is CC(=O)OC[C@H]1O[C@@H](O[C@H]2[C@H](OC(C)=O)[C@@H](OC(C)=O)[C@H](Sc3ccccc3)O[C@@H]2COC(C)=O)[C@H](OC(C)=O)[C@H]2OC(c3ccccc3)O[C@H]21. The Kier molecular flexibility index (Phi) is 13.1. The summed E-state index contributed by atoms with van der Waals surface area (Å²) < 4.78 is 59.7. The fourth-order valence-corrected chi connectivity index (χ4v) is 7.07. The van der Waals surface area contributed by atoms with Crippen molar-refractivity contribution in [2.45, 2.75) is 106 Å². The van der Waals surface area contributed by atoms with Gasteiger partial charge >= 0.3 is 29.8 Å². The van der Waals surface area contributed by atoms with E-state index in [1.54, 1.807) is 24.3 Å². The van der Waals surface area contributed by atoms with Gasteiger partial charge in [-0.15, -0.1) is 0 Å². The van der Waals surface area contributed by atoms with E-state index in [-0.39, 0.29) is 13.2 Å². The van der Waals surface area contributed by atoms with E-state index in [1.807, 2.05) is 36.4 Å². The second kappa shape index (κ2) is 17.4. The van der Waals surface area contributed by atoms with Gasteiger partial charge in [-0.3, -0.25) is 24.0 Å². The lowest BCUT2D eigenvalue weighted by Gasteiger charge is -2.47. The van der Waals surface area contributed by atoms with Crippen molar-refractivity contribution in [2.75, 3.05) is 13.2 Å². The Morgan fingerprint density at radius 3 is 1.69 bits per heavy atom. The molecule has 276 valence electrons. The van der Waals surface area contributed by atoms with E-state index in [2.05, 4.69) is 0 Å². The van der Waals surface area contributed by atoms with Crippen molar-refractivity contribution in [3.63, 3.8) is 0 Å². The van der Waals surface area contributed by atoms with E-state index in [1.165, 1.54) is 46.4 Å². The first-order valence-corrected chi connectivity index (χ1v) is 17.1. The lowest BCUT2D eigenvalue weighted by Crippen LogP contribution is -2.65. The van der Waals surface area contributed by atoms with Crippen molar-refractivity contribution < 1.29 is 71.3 Å². The fourth-order valence-electron chi connectivity index (χ4n) is 5.94. The van der Waals surface area contributed by atoms with Crippen molar-refractivity contribution in [2.24, 2.45) is 0 Å². The number of ether oxygens (including phenoxy) is 10. The molecule has 11 atom stereocenters. The minimum absolute atomic E-state index is 0.286. The summed E-state index contributed by atoms with van der Waals surface area (Å²) in [7, 11) is 0. The number of carbonyl (C=O) groups is 5. The molecule has 3 fully saturated rings. The molecule has 0 N–H and O–H groups in total. The monoisotopic (exact) mass is 732 g/mol. The lowest BCUT2D eigenvalue weighted by atomic mass is 9.97. The molecule has 0 saturated carbocycles. The Morgan fingerprint density at radius 2 is 1.10 bits per heavy atom. The molecule has 3 heterocycles. The van der Waals surface area contributed by atoms with Crippen molar-refractivity contribution in [3.05, 3.63) is 66.2 Å². The Balaban J connectivity index is 1.53. The van der Waals surface area contributed by atoms with Gasteiger partial charge in [-0.2, -0.15) is 0 Å². The molecule has 0 bridgehead atoms. The first-order chi connectivity index (χ1) is 24.4. The number of fused-ring (bicyclic) bond motifs is 1. The average molecular weight is 733 g/mol. The van der Waals surface area contributed by atoms with Gasteiger partial charge in [-0.1, -0.05) is 60.3 Å². The predicted molar refractivity (Wildman–Crippen MR) is 173 cm³/mol. The van der Waals surface area contributed by atoms with Crippen LogP contribution in [0.1, 0.15) is 46.5 Å². The molecule has 16 heteroatoms. The van der Waals surface area contributed by atoms with Gasteiger partial charge in [0.1, 0.15) is 49.2 Å². The van der Waals surface area contributed by atoms with E-state index in [9.17, 15) is 24.0 Å². The highest BCUT2D eigenvalue weighted by atomic mass is 32.2. The van der Waals surface area contributed by atoms with Crippen LogP contribution in [0.2, 0.25) is 0 Å². The number of rotatable bonds is 12. The van der Waals surface area contributed by atoms with Crippen LogP contribution < -0.4 is 0 Å². The van der Waals surface area contributed by atoms with E-state index < -0.39 is 96.7 Å². The highest BCUT2D eigenvalue weighted by molar-refractivity contribution is 7.99. The largest absolute Gasteiger partial charge is 0.463 e. The summed E-state index contributed by atoms with van der Waals surface area (Å²) in [6.45, 7) is 5.34. The minimum atomic E-state index is -1.49. The van der Waals surface area contributed by atoms with Crippen LogP contribution in [0.4, 0.5) is 0 Å². The number of hydrogen-bond acceptors (Lipinski definition) is 16. The third-order valence-corrected chi connectivity index (χ3v) is 9.07. The van der Waals surface area contributed by atoms with Crippen LogP contribution in [-0.2, 0) is 71.3 Å². The van der Waals surface area contributed by atoms with E-state index in [0.29, 0.717) is 5.56 Å². The average Bonchev–Trinajstić information content (AvgIpc) is 3.53. The summed E-state index contributed by atoms with van der Waals surface area (Å²) in [6.07, 6.45) is -11.7. The smallest absolute Gasteiger partial charge is 0.303 e. The summed E-state index contributed by atoms with van der Waals surface area (Å²) in [5.41, 5.74) is -0.308. The summed E-state index contributed by atoms with van der Waals surface area (Å²) in [5, 5.41) is 0. The molecule has 2 aromatic rings. The van der Waals surface area contributed by atoms with Gasteiger partial charge in [-0.25, -0.2) is 0 Å². The number of hydrogen-bond donors (Lipinski definition) is 0. The van der Waals surface area contributed by atoms with Crippen molar-refractivity contribution in [3.8, 4) is 0 Å². The summed E-state index contributed by atoms with van der Waals surface area (Å²) in [5.74, 6) is -3.36. The topological polar surface area (TPSA) is 178 Å². The number of esters is 5. The maximum Gasteiger partial charge on any atom is 0.303 e. The molecule has 51 heavy (non-hydrogen) atoms. The van der Waals surface area contributed by atoms with Crippen LogP contribution >= 0.6 is 11.8 Å². The Labute approximate surface area is 298 Å². The van der Waals surface area contributed by atoms with Gasteiger partial charge in [0.2, 0.25) is 0 Å². The number of carbonyl (C=O) groups excluding carboxylic acids is 5. The highest BCUT2D eigenvalue weighted by Crippen LogP contribution is 2.43. The molecule has 3 saturated heterocycles. The van der Waals surface area contributed by atoms with Crippen molar-refractivity contribution >= 4 is 41.6 Å². The van der Waals surface area contributed by atoms with Crippen molar-refractivity contribution in [1.82, 2.24) is 0 Å². The quantitative estimate of drug-likeness (QED) is 0.230. The molecule has 0 aliphatic carbocycles. The molecule has 15 nitrogen and oxygen atoms in total. The van der Waals surface area contributed by atoms with E-state index >= 15 is 0 Å². The second-order valence-electron chi connectivity index (χ2n) is 11.9. The first kappa shape index (κ1) is 38.2. The molecule has 5 rings (SSSR count). The molecule has 3 aliphatic heterocycles. The Hall–Kier alpha value is -4.06. The molecule has 1 unspecified atom stereocenters. The summed E-state index contributed by atoms with van der Waals surface area (Å²) in [4.78, 5) is 62.2. The summed E-state index contributed by atoms with van der Waals surface area (Å²) in [6, 6.07) is 18.1. The minimum Gasteiger partial charge on any atom is -0.463 e. The molecular formula is C35H40O15S. The van der Waals surface area contributed by atoms with Gasteiger partial charge in [0.25, 0.3) is 0 Å². The van der Waals surface area contributed by atoms with Gasteiger partial charge in [0.15, 0.2) is 30.9 Å². The third-order valence-electron chi connectivity index (χ3n) is 7.91. The van der Waals surface area contributed by atoms with Crippen LogP contribution in [-0.4, -0.2) is 104 Å². The molecule has 3 aliphatic rings. The Bertz CT molecular complexity index is 1520. The highest BCUT2D eigenvalue weighted by Gasteiger charge is 2.59. The molecule has 0 amide bonds. The van der Waals surface area contributed by atoms with Crippen LogP contribution in [0.25, 0.3) is 0 Å².